The van der Waals surface area contributed by atoms with E-state index in [4.69, 9.17) is 4.98 Å². The Hall–Kier alpha value is -1.65. The molecule has 4 heteroatoms. The predicted octanol–water partition coefficient (Wildman–Crippen LogP) is 2.06. The van der Waals surface area contributed by atoms with Gasteiger partial charge in [0.2, 0.25) is 0 Å². The van der Waals surface area contributed by atoms with Gasteiger partial charge < -0.3 is 9.80 Å². The number of aromatic nitrogens is 1. The van der Waals surface area contributed by atoms with Crippen molar-refractivity contribution < 1.29 is 0 Å². The molecule has 22 heavy (non-hydrogen) atoms. The van der Waals surface area contributed by atoms with E-state index in [0.717, 1.165) is 24.4 Å². The molecule has 4 nitrogen and oxygen atoms in total. The van der Waals surface area contributed by atoms with Crippen molar-refractivity contribution >= 4 is 16.7 Å². The standard InChI is InChI=1S/C18H24N4/c1-20-10-12-21(13-11-20)16-8-9-22(14-16)18-7-6-15-4-2-3-5-17(15)19-18/h2-7,16H,8-14H2,1H3/t16-/m0/s1. The van der Waals surface area contributed by atoms with E-state index in [1.807, 2.05) is 0 Å². The summed E-state index contributed by atoms with van der Waals surface area (Å²) in [6, 6.07) is 13.4. The van der Waals surface area contributed by atoms with E-state index in [9.17, 15) is 0 Å². The first kappa shape index (κ1) is 14.0. The molecule has 1 atom stereocenters. The maximum absolute atomic E-state index is 4.85. The molecule has 1 aromatic heterocycles. The maximum atomic E-state index is 4.85. The van der Waals surface area contributed by atoms with E-state index in [-0.39, 0.29) is 0 Å². The Bertz CT molecular complexity index is 648. The number of hydrogen-bond donors (Lipinski definition) is 0. The van der Waals surface area contributed by atoms with Gasteiger partial charge in [-0.05, 0) is 31.7 Å². The first-order valence-electron chi connectivity index (χ1n) is 8.33. The van der Waals surface area contributed by atoms with Crippen LogP contribution in [-0.4, -0.2) is 67.1 Å². The van der Waals surface area contributed by atoms with E-state index in [2.05, 4.69) is 58.1 Å². The van der Waals surface area contributed by atoms with Crippen molar-refractivity contribution in [1.82, 2.24) is 14.8 Å². The van der Waals surface area contributed by atoms with Gasteiger partial charge in [0, 0.05) is 50.7 Å². The van der Waals surface area contributed by atoms with E-state index < -0.39 is 0 Å². The lowest BCUT2D eigenvalue weighted by atomic mass is 10.2. The van der Waals surface area contributed by atoms with E-state index in [1.54, 1.807) is 0 Å². The SMILES string of the molecule is CN1CCN([C@H]2CCN(c3ccc4ccccc4n3)C2)CC1. The summed E-state index contributed by atoms with van der Waals surface area (Å²) in [5.41, 5.74) is 1.10. The fraction of sp³-hybridized carbons (Fsp3) is 0.500. The van der Waals surface area contributed by atoms with Crippen molar-refractivity contribution in [3.05, 3.63) is 36.4 Å². The molecule has 3 heterocycles. The Morgan fingerprint density at radius 3 is 2.64 bits per heavy atom. The van der Waals surface area contributed by atoms with Crippen molar-refractivity contribution in [1.29, 1.82) is 0 Å². The van der Waals surface area contributed by atoms with Crippen LogP contribution in [0.5, 0.6) is 0 Å². The summed E-state index contributed by atoms with van der Waals surface area (Å²) >= 11 is 0. The minimum Gasteiger partial charge on any atom is -0.355 e. The van der Waals surface area contributed by atoms with Crippen LogP contribution in [0.3, 0.4) is 0 Å². The van der Waals surface area contributed by atoms with Crippen molar-refractivity contribution in [3.8, 4) is 0 Å². The minimum atomic E-state index is 0.696. The average molecular weight is 296 g/mol. The second kappa shape index (κ2) is 5.86. The van der Waals surface area contributed by atoms with Gasteiger partial charge in [-0.25, -0.2) is 4.98 Å². The highest BCUT2D eigenvalue weighted by atomic mass is 15.3. The molecule has 2 aliphatic heterocycles. The van der Waals surface area contributed by atoms with Gasteiger partial charge in [-0.1, -0.05) is 18.2 Å². The molecule has 4 rings (SSSR count). The molecule has 2 fully saturated rings. The van der Waals surface area contributed by atoms with Gasteiger partial charge in [0.25, 0.3) is 0 Å². The van der Waals surface area contributed by atoms with E-state index in [1.165, 1.54) is 38.0 Å². The van der Waals surface area contributed by atoms with Gasteiger partial charge in [-0.3, -0.25) is 4.90 Å². The minimum absolute atomic E-state index is 0.696. The largest absolute Gasteiger partial charge is 0.355 e. The number of likely N-dealkylation sites (N-methyl/N-ethyl adjacent to an activating group) is 1. The number of para-hydroxylation sites is 1. The van der Waals surface area contributed by atoms with Gasteiger partial charge in [-0.15, -0.1) is 0 Å². The van der Waals surface area contributed by atoms with Crippen LogP contribution in [0.4, 0.5) is 5.82 Å². The van der Waals surface area contributed by atoms with Gasteiger partial charge in [0.15, 0.2) is 0 Å². The molecule has 1 aromatic carbocycles. The third-order valence-corrected chi connectivity index (χ3v) is 5.13. The van der Waals surface area contributed by atoms with Crippen molar-refractivity contribution in [2.75, 3.05) is 51.2 Å². The molecule has 0 saturated carbocycles. The third-order valence-electron chi connectivity index (χ3n) is 5.13. The summed E-state index contributed by atoms with van der Waals surface area (Å²) < 4.78 is 0. The smallest absolute Gasteiger partial charge is 0.129 e. The second-order valence-corrected chi connectivity index (χ2v) is 6.59. The van der Waals surface area contributed by atoms with Gasteiger partial charge >= 0.3 is 0 Å². The molecule has 116 valence electrons. The zero-order chi connectivity index (χ0) is 14.9. The number of hydrogen-bond acceptors (Lipinski definition) is 4. The van der Waals surface area contributed by atoms with Gasteiger partial charge in [-0.2, -0.15) is 0 Å². The first-order chi connectivity index (χ1) is 10.8. The molecule has 0 amide bonds. The fourth-order valence-corrected chi connectivity index (χ4v) is 3.67. The molecule has 0 spiro atoms. The molecule has 2 saturated heterocycles. The Kier molecular flexibility index (Phi) is 3.72. The van der Waals surface area contributed by atoms with E-state index >= 15 is 0 Å². The maximum Gasteiger partial charge on any atom is 0.129 e. The van der Waals surface area contributed by atoms with Gasteiger partial charge in [0.05, 0.1) is 5.52 Å². The van der Waals surface area contributed by atoms with Crippen LogP contribution in [0.25, 0.3) is 10.9 Å². The lowest BCUT2D eigenvalue weighted by Crippen LogP contribution is -2.49. The topological polar surface area (TPSA) is 22.6 Å². The number of piperazine rings is 1. The van der Waals surface area contributed by atoms with Crippen molar-refractivity contribution in [2.24, 2.45) is 0 Å². The lowest BCUT2D eigenvalue weighted by Gasteiger charge is -2.36. The number of anilines is 1. The first-order valence-corrected chi connectivity index (χ1v) is 8.33. The van der Waals surface area contributed by atoms with Crippen LogP contribution in [0.15, 0.2) is 36.4 Å². The zero-order valence-corrected chi connectivity index (χ0v) is 13.3. The van der Waals surface area contributed by atoms with Crippen LogP contribution in [-0.2, 0) is 0 Å². The van der Waals surface area contributed by atoms with Crippen LogP contribution < -0.4 is 4.90 Å². The molecule has 0 aliphatic carbocycles. The zero-order valence-electron chi connectivity index (χ0n) is 13.3. The monoisotopic (exact) mass is 296 g/mol. The number of nitrogens with zero attached hydrogens (tertiary/aromatic N) is 4. The Labute approximate surface area is 132 Å². The van der Waals surface area contributed by atoms with Gasteiger partial charge in [0.1, 0.15) is 5.82 Å². The van der Waals surface area contributed by atoms with Crippen LogP contribution in [0.1, 0.15) is 6.42 Å². The highest BCUT2D eigenvalue weighted by Crippen LogP contribution is 2.24. The number of fused-ring (bicyclic) bond motifs is 1. The lowest BCUT2D eigenvalue weighted by molar-refractivity contribution is 0.120. The summed E-state index contributed by atoms with van der Waals surface area (Å²) in [6.07, 6.45) is 1.26. The highest BCUT2D eigenvalue weighted by Gasteiger charge is 2.29. The molecule has 2 aromatic rings. The molecular formula is C18H24N4. The molecule has 0 unspecified atom stereocenters. The molecular weight excluding hydrogens is 272 g/mol. The average Bonchev–Trinajstić information content (AvgIpc) is 3.05. The van der Waals surface area contributed by atoms with Crippen LogP contribution >= 0.6 is 0 Å². The Balaban J connectivity index is 1.47. The molecule has 2 aliphatic rings. The van der Waals surface area contributed by atoms with E-state index in [0.29, 0.717) is 6.04 Å². The molecule has 0 radical (unpaired) electrons. The van der Waals surface area contributed by atoms with Crippen LogP contribution in [0, 0.1) is 0 Å². The number of benzene rings is 1. The quantitative estimate of drug-likeness (QED) is 0.846. The number of pyridine rings is 1. The highest BCUT2D eigenvalue weighted by molar-refractivity contribution is 5.80. The summed E-state index contributed by atoms with van der Waals surface area (Å²) in [5.74, 6) is 1.13. The van der Waals surface area contributed by atoms with Crippen molar-refractivity contribution in [2.45, 2.75) is 12.5 Å². The fourth-order valence-electron chi connectivity index (χ4n) is 3.67. The van der Waals surface area contributed by atoms with Crippen LogP contribution in [0.2, 0.25) is 0 Å². The second-order valence-electron chi connectivity index (χ2n) is 6.59. The molecule has 0 N–H and O–H groups in total. The summed E-state index contributed by atoms with van der Waals surface area (Å²) in [4.78, 5) is 12.4. The summed E-state index contributed by atoms with van der Waals surface area (Å²) in [6.45, 7) is 7.06. The molecule has 0 bridgehead atoms. The third kappa shape index (κ3) is 2.69. The normalized spacial score (nSPS) is 24.2. The summed E-state index contributed by atoms with van der Waals surface area (Å²) in [7, 11) is 2.22. The summed E-state index contributed by atoms with van der Waals surface area (Å²) in [5, 5.41) is 1.22. The number of rotatable bonds is 2. The Morgan fingerprint density at radius 2 is 1.77 bits per heavy atom. The predicted molar refractivity (Wildman–Crippen MR) is 91.4 cm³/mol. The van der Waals surface area contributed by atoms with Crippen molar-refractivity contribution in [3.63, 3.8) is 0 Å². The Morgan fingerprint density at radius 1 is 0.955 bits per heavy atom.